The first-order valence-electron chi connectivity index (χ1n) is 5.83. The highest BCUT2D eigenvalue weighted by Gasteiger charge is 2.04. The first-order valence-corrected chi connectivity index (χ1v) is 5.83. The van der Waals surface area contributed by atoms with Gasteiger partial charge in [-0.05, 0) is 24.5 Å². The molecule has 1 rings (SSSR count). The summed E-state index contributed by atoms with van der Waals surface area (Å²) in [5.41, 5.74) is 0. The second kappa shape index (κ2) is 6.84. The molecule has 0 bridgehead atoms. The predicted molar refractivity (Wildman–Crippen MR) is 68.7 cm³/mol. The molecule has 0 saturated heterocycles. The monoisotopic (exact) mass is 236 g/mol. The molecule has 1 aromatic carbocycles. The number of phenols is 1. The summed E-state index contributed by atoms with van der Waals surface area (Å²) >= 11 is 0. The minimum atomic E-state index is 0.0916. The lowest BCUT2D eigenvalue weighted by Crippen LogP contribution is -2.01. The molecule has 94 valence electrons. The molecule has 0 atom stereocenters. The van der Waals surface area contributed by atoms with Gasteiger partial charge in [-0.1, -0.05) is 26.5 Å². The van der Waals surface area contributed by atoms with Crippen molar-refractivity contribution in [3.05, 3.63) is 30.9 Å². The largest absolute Gasteiger partial charge is 0.504 e. The van der Waals surface area contributed by atoms with Crippen LogP contribution in [-0.4, -0.2) is 18.3 Å². The van der Waals surface area contributed by atoms with Gasteiger partial charge >= 0.3 is 0 Å². The Morgan fingerprint density at radius 3 is 2.71 bits per heavy atom. The third-order valence-corrected chi connectivity index (χ3v) is 2.25. The number of hydrogen-bond donors (Lipinski definition) is 1. The summed E-state index contributed by atoms with van der Waals surface area (Å²) in [7, 11) is 0. The molecule has 17 heavy (non-hydrogen) atoms. The van der Waals surface area contributed by atoms with Crippen LogP contribution in [0.4, 0.5) is 0 Å². The van der Waals surface area contributed by atoms with E-state index in [1.54, 1.807) is 24.3 Å². The average Bonchev–Trinajstić information content (AvgIpc) is 2.27. The van der Waals surface area contributed by atoms with Crippen LogP contribution in [0.1, 0.15) is 20.3 Å². The van der Waals surface area contributed by atoms with E-state index in [2.05, 4.69) is 20.4 Å². The highest BCUT2D eigenvalue weighted by molar-refractivity contribution is 5.44. The van der Waals surface area contributed by atoms with E-state index in [-0.39, 0.29) is 5.75 Å². The van der Waals surface area contributed by atoms with Crippen LogP contribution in [-0.2, 0) is 0 Å². The number of ether oxygens (including phenoxy) is 2. The topological polar surface area (TPSA) is 38.7 Å². The van der Waals surface area contributed by atoms with Gasteiger partial charge in [0.1, 0.15) is 12.4 Å². The second-order valence-electron chi connectivity index (χ2n) is 4.26. The molecule has 3 nitrogen and oxygen atoms in total. The van der Waals surface area contributed by atoms with Gasteiger partial charge in [0.25, 0.3) is 0 Å². The summed E-state index contributed by atoms with van der Waals surface area (Å²) in [4.78, 5) is 0. The molecule has 0 aromatic heterocycles. The lowest BCUT2D eigenvalue weighted by molar-refractivity contribution is 0.285. The number of benzene rings is 1. The van der Waals surface area contributed by atoms with Gasteiger partial charge in [-0.15, -0.1) is 0 Å². The molecule has 0 heterocycles. The van der Waals surface area contributed by atoms with Crippen LogP contribution >= 0.6 is 0 Å². The van der Waals surface area contributed by atoms with E-state index in [0.29, 0.717) is 30.6 Å². The van der Waals surface area contributed by atoms with E-state index in [1.807, 2.05) is 0 Å². The molecular weight excluding hydrogens is 216 g/mol. The van der Waals surface area contributed by atoms with Crippen molar-refractivity contribution in [2.24, 2.45) is 5.92 Å². The molecule has 0 saturated carbocycles. The maximum absolute atomic E-state index is 9.69. The number of aromatic hydroxyl groups is 1. The normalized spacial score (nSPS) is 10.3. The fourth-order valence-electron chi connectivity index (χ4n) is 1.27. The van der Waals surface area contributed by atoms with Crippen molar-refractivity contribution >= 4 is 0 Å². The summed E-state index contributed by atoms with van der Waals surface area (Å²) in [6.45, 7) is 8.87. The van der Waals surface area contributed by atoms with E-state index >= 15 is 0 Å². The van der Waals surface area contributed by atoms with Crippen LogP contribution in [0.25, 0.3) is 0 Å². The summed E-state index contributed by atoms with van der Waals surface area (Å²) in [6, 6.07) is 5.06. The Morgan fingerprint density at radius 2 is 2.12 bits per heavy atom. The van der Waals surface area contributed by atoms with Crippen LogP contribution in [0.5, 0.6) is 17.2 Å². The number of hydrogen-bond acceptors (Lipinski definition) is 3. The lowest BCUT2D eigenvalue weighted by Gasteiger charge is -2.10. The van der Waals surface area contributed by atoms with Gasteiger partial charge in [-0.25, -0.2) is 0 Å². The van der Waals surface area contributed by atoms with Gasteiger partial charge in [0.2, 0.25) is 0 Å². The first kappa shape index (κ1) is 13.4. The average molecular weight is 236 g/mol. The summed E-state index contributed by atoms with van der Waals surface area (Å²) in [6.07, 6.45) is 2.63. The third kappa shape index (κ3) is 4.81. The van der Waals surface area contributed by atoms with Crippen LogP contribution in [0.15, 0.2) is 30.9 Å². The zero-order chi connectivity index (χ0) is 12.7. The lowest BCUT2D eigenvalue weighted by atomic mass is 10.1. The fourth-order valence-corrected chi connectivity index (χ4v) is 1.27. The maximum Gasteiger partial charge on any atom is 0.161 e. The Morgan fingerprint density at radius 1 is 1.35 bits per heavy atom. The summed E-state index contributed by atoms with van der Waals surface area (Å²) in [5.74, 6) is 1.81. The Kier molecular flexibility index (Phi) is 5.40. The number of rotatable bonds is 7. The van der Waals surface area contributed by atoms with E-state index in [0.717, 1.165) is 6.42 Å². The molecule has 0 aliphatic carbocycles. The molecular formula is C14H20O3. The quantitative estimate of drug-likeness (QED) is 0.737. The molecule has 1 aromatic rings. The zero-order valence-electron chi connectivity index (χ0n) is 10.5. The van der Waals surface area contributed by atoms with Crippen molar-refractivity contribution < 1.29 is 14.6 Å². The molecule has 0 amide bonds. The summed E-state index contributed by atoms with van der Waals surface area (Å²) in [5, 5.41) is 9.69. The standard InChI is InChI=1S/C14H20O3/c1-4-8-17-14-6-5-12(10-13(14)15)16-9-7-11(2)3/h4-6,10-11,15H,1,7-9H2,2-3H3. The van der Waals surface area contributed by atoms with E-state index in [1.165, 1.54) is 0 Å². The van der Waals surface area contributed by atoms with Crippen molar-refractivity contribution in [1.82, 2.24) is 0 Å². The van der Waals surface area contributed by atoms with Gasteiger partial charge in [0.15, 0.2) is 11.5 Å². The van der Waals surface area contributed by atoms with Crippen LogP contribution in [0, 0.1) is 5.92 Å². The van der Waals surface area contributed by atoms with Crippen LogP contribution in [0.3, 0.4) is 0 Å². The molecule has 0 aliphatic rings. The molecule has 0 aliphatic heterocycles. The smallest absolute Gasteiger partial charge is 0.161 e. The Labute approximate surface area is 103 Å². The van der Waals surface area contributed by atoms with Crippen molar-refractivity contribution in [2.45, 2.75) is 20.3 Å². The van der Waals surface area contributed by atoms with E-state index in [4.69, 9.17) is 9.47 Å². The van der Waals surface area contributed by atoms with Gasteiger partial charge in [0, 0.05) is 6.07 Å². The van der Waals surface area contributed by atoms with Crippen molar-refractivity contribution in [1.29, 1.82) is 0 Å². The third-order valence-electron chi connectivity index (χ3n) is 2.25. The highest BCUT2D eigenvalue weighted by Crippen LogP contribution is 2.30. The fraction of sp³-hybridized carbons (Fsp3) is 0.429. The Bertz CT molecular complexity index is 358. The molecule has 0 spiro atoms. The molecule has 3 heteroatoms. The second-order valence-corrected chi connectivity index (χ2v) is 4.26. The molecule has 0 radical (unpaired) electrons. The molecule has 0 unspecified atom stereocenters. The minimum absolute atomic E-state index is 0.0916. The van der Waals surface area contributed by atoms with Crippen LogP contribution < -0.4 is 9.47 Å². The predicted octanol–water partition coefficient (Wildman–Crippen LogP) is 3.38. The first-order chi connectivity index (χ1) is 8.13. The van der Waals surface area contributed by atoms with E-state index < -0.39 is 0 Å². The minimum Gasteiger partial charge on any atom is -0.504 e. The van der Waals surface area contributed by atoms with Crippen molar-refractivity contribution in [3.63, 3.8) is 0 Å². The molecule has 1 N–H and O–H groups in total. The zero-order valence-corrected chi connectivity index (χ0v) is 10.5. The van der Waals surface area contributed by atoms with E-state index in [9.17, 15) is 5.11 Å². The van der Waals surface area contributed by atoms with Crippen molar-refractivity contribution in [2.75, 3.05) is 13.2 Å². The number of phenolic OH excluding ortho intramolecular Hbond substituents is 1. The van der Waals surface area contributed by atoms with Crippen molar-refractivity contribution in [3.8, 4) is 17.2 Å². The Balaban J connectivity index is 2.52. The van der Waals surface area contributed by atoms with Gasteiger partial charge in [0.05, 0.1) is 6.61 Å². The highest BCUT2D eigenvalue weighted by atomic mass is 16.5. The van der Waals surface area contributed by atoms with Crippen LogP contribution in [0.2, 0.25) is 0 Å². The maximum atomic E-state index is 9.69. The summed E-state index contributed by atoms with van der Waals surface area (Å²) < 4.78 is 10.8. The van der Waals surface area contributed by atoms with Gasteiger partial charge in [-0.2, -0.15) is 0 Å². The molecule has 0 fully saturated rings. The Hall–Kier alpha value is -1.64. The van der Waals surface area contributed by atoms with Gasteiger partial charge < -0.3 is 14.6 Å². The van der Waals surface area contributed by atoms with Gasteiger partial charge in [-0.3, -0.25) is 0 Å². The SMILES string of the molecule is C=CCOc1ccc(OCCC(C)C)cc1O.